The lowest BCUT2D eigenvalue weighted by Gasteiger charge is -2.12. The monoisotopic (exact) mass is 482 g/mol. The first-order chi connectivity index (χ1) is 16.0. The number of ether oxygens (including phenoxy) is 1. The molecule has 1 N–H and O–H groups in total. The molecule has 0 aliphatic heterocycles. The Morgan fingerprint density at radius 3 is 2.58 bits per heavy atom. The molecule has 0 aliphatic carbocycles. The first-order valence-corrected chi connectivity index (χ1v) is 11.4. The van der Waals surface area contributed by atoms with Crippen LogP contribution < -0.4 is 10.1 Å². The van der Waals surface area contributed by atoms with Crippen molar-refractivity contribution >= 4 is 35.0 Å². The van der Waals surface area contributed by atoms with Crippen molar-refractivity contribution in [2.45, 2.75) is 12.1 Å². The number of methoxy groups -OCH3 is 1. The van der Waals surface area contributed by atoms with Gasteiger partial charge in [0, 0.05) is 10.7 Å². The molecule has 168 valence electrons. The third-order valence-electron chi connectivity index (χ3n) is 4.87. The highest BCUT2D eigenvalue weighted by atomic mass is 35.5. The van der Waals surface area contributed by atoms with Crippen LogP contribution in [0.15, 0.2) is 71.9 Å². The van der Waals surface area contributed by atoms with Gasteiger partial charge in [-0.05, 0) is 67.1 Å². The summed E-state index contributed by atoms with van der Waals surface area (Å²) in [5.41, 5.74) is 2.59. The fourth-order valence-electron chi connectivity index (χ4n) is 3.23. The molecule has 0 atom stereocenters. The van der Waals surface area contributed by atoms with Crippen LogP contribution in [0.4, 0.5) is 10.1 Å². The van der Waals surface area contributed by atoms with Gasteiger partial charge in [0.05, 0.1) is 24.1 Å². The molecule has 0 aliphatic rings. The van der Waals surface area contributed by atoms with Crippen LogP contribution in [-0.2, 0) is 4.79 Å². The predicted molar refractivity (Wildman–Crippen MR) is 129 cm³/mol. The van der Waals surface area contributed by atoms with Gasteiger partial charge in [-0.3, -0.25) is 9.36 Å². The smallest absolute Gasteiger partial charge is 0.234 e. The summed E-state index contributed by atoms with van der Waals surface area (Å²) >= 11 is 7.19. The zero-order chi connectivity index (χ0) is 23.4. The van der Waals surface area contributed by atoms with Crippen molar-refractivity contribution in [2.75, 3.05) is 18.2 Å². The summed E-state index contributed by atoms with van der Waals surface area (Å²) in [6.45, 7) is 1.87. The number of hydrogen-bond donors (Lipinski definition) is 1. The van der Waals surface area contributed by atoms with E-state index in [1.54, 1.807) is 60.2 Å². The van der Waals surface area contributed by atoms with Gasteiger partial charge in [-0.15, -0.1) is 10.2 Å². The van der Waals surface area contributed by atoms with E-state index in [9.17, 15) is 9.18 Å². The molecule has 0 saturated carbocycles. The van der Waals surface area contributed by atoms with E-state index in [4.69, 9.17) is 16.3 Å². The minimum atomic E-state index is -0.410. The number of carbonyl (C=O) groups is 1. The van der Waals surface area contributed by atoms with Crippen molar-refractivity contribution in [1.29, 1.82) is 0 Å². The highest BCUT2D eigenvalue weighted by molar-refractivity contribution is 7.99. The molecule has 0 fully saturated rings. The lowest BCUT2D eigenvalue weighted by molar-refractivity contribution is -0.113. The number of thioether (sulfide) groups is 1. The zero-order valence-electron chi connectivity index (χ0n) is 17.9. The molecule has 0 bridgehead atoms. The Morgan fingerprint density at radius 1 is 1.12 bits per heavy atom. The van der Waals surface area contributed by atoms with Gasteiger partial charge in [-0.25, -0.2) is 4.39 Å². The number of rotatable bonds is 7. The summed E-state index contributed by atoms with van der Waals surface area (Å²) in [6.07, 6.45) is 0. The van der Waals surface area contributed by atoms with Crippen LogP contribution >= 0.6 is 23.4 Å². The fourth-order valence-corrected chi connectivity index (χ4v) is 4.21. The van der Waals surface area contributed by atoms with E-state index in [1.807, 2.05) is 19.1 Å². The molecule has 0 unspecified atom stereocenters. The molecule has 3 aromatic carbocycles. The topological polar surface area (TPSA) is 69.0 Å². The zero-order valence-corrected chi connectivity index (χ0v) is 19.5. The number of benzene rings is 3. The van der Waals surface area contributed by atoms with Crippen LogP contribution in [0.1, 0.15) is 5.56 Å². The maximum Gasteiger partial charge on any atom is 0.234 e. The Bertz CT molecular complexity index is 1290. The summed E-state index contributed by atoms with van der Waals surface area (Å²) in [4.78, 5) is 12.6. The molecule has 9 heteroatoms. The molecular formula is C24H20ClFN4O2S. The molecule has 4 aromatic rings. The molecule has 0 spiro atoms. The Morgan fingerprint density at radius 2 is 1.88 bits per heavy atom. The van der Waals surface area contributed by atoms with E-state index >= 15 is 0 Å². The third kappa shape index (κ3) is 5.18. The number of hydrogen-bond acceptors (Lipinski definition) is 5. The van der Waals surface area contributed by atoms with Crippen molar-refractivity contribution in [3.8, 4) is 22.8 Å². The second-order valence-electron chi connectivity index (χ2n) is 7.12. The van der Waals surface area contributed by atoms with Crippen LogP contribution in [0.5, 0.6) is 5.75 Å². The fraction of sp³-hybridized carbons (Fsp3) is 0.125. The molecule has 4 rings (SSSR count). The van der Waals surface area contributed by atoms with Crippen molar-refractivity contribution in [1.82, 2.24) is 14.8 Å². The summed E-state index contributed by atoms with van der Waals surface area (Å²) in [5.74, 6) is 0.503. The van der Waals surface area contributed by atoms with Crippen molar-refractivity contribution in [3.05, 3.63) is 83.1 Å². The molecule has 1 aromatic heterocycles. The predicted octanol–water partition coefficient (Wildman–Crippen LogP) is 5.77. The number of amides is 1. The van der Waals surface area contributed by atoms with Crippen molar-refractivity contribution in [3.63, 3.8) is 0 Å². The standard InChI is InChI=1S/C24H20ClFN4O2S/c1-15-13-16(25)7-12-21(15)27-22(31)14-33-24-29-28-23(19-5-3-4-6-20(19)26)30(24)17-8-10-18(32-2)11-9-17/h3-13H,14H2,1-2H3,(H,27,31). The average Bonchev–Trinajstić information content (AvgIpc) is 3.23. The lowest BCUT2D eigenvalue weighted by atomic mass is 10.2. The van der Waals surface area contributed by atoms with Gasteiger partial charge in [0.1, 0.15) is 11.6 Å². The van der Waals surface area contributed by atoms with E-state index in [1.165, 1.54) is 17.8 Å². The van der Waals surface area contributed by atoms with E-state index < -0.39 is 5.82 Å². The number of halogens is 2. The summed E-state index contributed by atoms with van der Waals surface area (Å²) < 4.78 is 21.5. The Labute approximate surface area is 199 Å². The first kappa shape index (κ1) is 22.8. The van der Waals surface area contributed by atoms with Crippen LogP contribution in [0, 0.1) is 12.7 Å². The maximum absolute atomic E-state index is 14.5. The molecule has 1 heterocycles. The highest BCUT2D eigenvalue weighted by Crippen LogP contribution is 2.30. The van der Waals surface area contributed by atoms with E-state index in [2.05, 4.69) is 15.5 Å². The summed E-state index contributed by atoms with van der Waals surface area (Å²) in [7, 11) is 1.58. The molecule has 0 saturated heterocycles. The van der Waals surface area contributed by atoms with Crippen LogP contribution in [0.2, 0.25) is 5.02 Å². The van der Waals surface area contributed by atoms with E-state index in [0.717, 1.165) is 11.3 Å². The molecule has 0 radical (unpaired) electrons. The number of aryl methyl sites for hydroxylation is 1. The van der Waals surface area contributed by atoms with E-state index in [0.29, 0.717) is 33.0 Å². The first-order valence-electron chi connectivity index (χ1n) is 10.00. The highest BCUT2D eigenvalue weighted by Gasteiger charge is 2.19. The van der Waals surface area contributed by atoms with Gasteiger partial charge in [0.15, 0.2) is 11.0 Å². The minimum absolute atomic E-state index is 0.0909. The quantitative estimate of drug-likeness (QED) is 0.338. The van der Waals surface area contributed by atoms with Crippen LogP contribution in [-0.4, -0.2) is 33.5 Å². The summed E-state index contributed by atoms with van der Waals surface area (Å²) in [6, 6.07) is 18.9. The number of aromatic nitrogens is 3. The largest absolute Gasteiger partial charge is 0.497 e. The molecular weight excluding hydrogens is 463 g/mol. The summed E-state index contributed by atoms with van der Waals surface area (Å²) in [5, 5.41) is 12.4. The number of anilines is 1. The van der Waals surface area contributed by atoms with Gasteiger partial charge in [0.2, 0.25) is 5.91 Å². The van der Waals surface area contributed by atoms with Gasteiger partial charge in [-0.2, -0.15) is 0 Å². The average molecular weight is 483 g/mol. The second-order valence-corrected chi connectivity index (χ2v) is 8.49. The van der Waals surface area contributed by atoms with Crippen LogP contribution in [0.25, 0.3) is 17.1 Å². The van der Waals surface area contributed by atoms with Gasteiger partial charge in [0.25, 0.3) is 0 Å². The number of nitrogens with one attached hydrogen (secondary N) is 1. The third-order valence-corrected chi connectivity index (χ3v) is 6.04. The normalized spacial score (nSPS) is 10.8. The molecule has 1 amide bonds. The maximum atomic E-state index is 14.5. The molecule has 33 heavy (non-hydrogen) atoms. The lowest BCUT2D eigenvalue weighted by Crippen LogP contribution is -2.15. The minimum Gasteiger partial charge on any atom is -0.497 e. The Hall–Kier alpha value is -3.36. The van der Waals surface area contributed by atoms with E-state index in [-0.39, 0.29) is 11.7 Å². The second kappa shape index (κ2) is 10.1. The number of nitrogens with zero attached hydrogens (tertiary/aromatic N) is 3. The Balaban J connectivity index is 1.62. The molecule has 6 nitrogen and oxygen atoms in total. The Kier molecular flexibility index (Phi) is 6.96. The van der Waals surface area contributed by atoms with Crippen molar-refractivity contribution < 1.29 is 13.9 Å². The van der Waals surface area contributed by atoms with Gasteiger partial charge >= 0.3 is 0 Å². The van der Waals surface area contributed by atoms with Crippen LogP contribution in [0.3, 0.4) is 0 Å². The SMILES string of the molecule is COc1ccc(-n2c(SCC(=O)Nc3ccc(Cl)cc3C)nnc2-c2ccccc2F)cc1. The number of carbonyl (C=O) groups excluding carboxylic acids is 1. The van der Waals surface area contributed by atoms with Gasteiger partial charge < -0.3 is 10.1 Å². The van der Waals surface area contributed by atoms with Gasteiger partial charge in [-0.1, -0.05) is 35.5 Å². The van der Waals surface area contributed by atoms with Crippen molar-refractivity contribution in [2.24, 2.45) is 0 Å².